The third kappa shape index (κ3) is 4.70. The van der Waals surface area contributed by atoms with Crippen molar-refractivity contribution in [2.24, 2.45) is 11.8 Å². The maximum Gasteiger partial charge on any atom is 0.407 e. The van der Waals surface area contributed by atoms with E-state index in [0.717, 1.165) is 21.5 Å². The molecule has 6 heteroatoms. The van der Waals surface area contributed by atoms with E-state index in [9.17, 15) is 4.79 Å². The molecule has 1 aromatic carbocycles. The van der Waals surface area contributed by atoms with Gasteiger partial charge in [0.25, 0.3) is 0 Å². The van der Waals surface area contributed by atoms with Gasteiger partial charge >= 0.3 is 6.09 Å². The highest BCUT2D eigenvalue weighted by Gasteiger charge is 2.40. The van der Waals surface area contributed by atoms with Gasteiger partial charge in [-0.3, -0.25) is 0 Å². The van der Waals surface area contributed by atoms with Crippen molar-refractivity contribution in [2.75, 3.05) is 13.9 Å². The summed E-state index contributed by atoms with van der Waals surface area (Å²) in [5, 5.41) is 3.10. The van der Waals surface area contributed by atoms with Crippen molar-refractivity contribution in [3.05, 3.63) is 33.4 Å². The molecule has 0 aliphatic heterocycles. The van der Waals surface area contributed by atoms with Crippen molar-refractivity contribution in [3.63, 3.8) is 0 Å². The molecule has 1 N–H and O–H groups in total. The Morgan fingerprint density at radius 2 is 2.12 bits per heavy atom. The van der Waals surface area contributed by atoms with Gasteiger partial charge in [0.2, 0.25) is 0 Å². The second-order valence-corrected chi connectivity index (χ2v) is 8.46. The molecule has 2 aliphatic carbocycles. The van der Waals surface area contributed by atoms with Crippen molar-refractivity contribution in [1.29, 1.82) is 0 Å². The van der Waals surface area contributed by atoms with Crippen LogP contribution in [0.2, 0.25) is 0 Å². The monoisotopic (exact) mass is 473 g/mol. The normalized spacial score (nSPS) is 26.5. The Bertz CT molecular complexity index is 611. The number of fused-ring (bicyclic) bond motifs is 2. The standard InChI is InChI=1S/C20H28INO4/c1-3-18(19(25-12-24-2)15-6-4-5-7-16(15)21)26-20(23)22-17-11-13-8-9-14(17)10-13/h4-7,13-14,17-19H,3,8-12H2,1-2H3,(H,22,23)/t13?,14?,17?,18-,19-/m0/s1. The van der Waals surface area contributed by atoms with Gasteiger partial charge in [-0.1, -0.05) is 31.5 Å². The molecular weight excluding hydrogens is 445 g/mol. The number of carbonyl (C=O) groups excluding carboxylic acids is 1. The van der Waals surface area contributed by atoms with Crippen LogP contribution in [0.1, 0.15) is 50.7 Å². The number of alkyl carbamates (subject to hydrolysis) is 1. The van der Waals surface area contributed by atoms with E-state index in [1.807, 2.05) is 31.2 Å². The second-order valence-electron chi connectivity index (χ2n) is 7.29. The van der Waals surface area contributed by atoms with E-state index in [0.29, 0.717) is 12.3 Å². The Labute approximate surface area is 169 Å². The number of methoxy groups -OCH3 is 1. The smallest absolute Gasteiger partial charge is 0.407 e. The zero-order chi connectivity index (χ0) is 18.5. The van der Waals surface area contributed by atoms with Gasteiger partial charge in [0.1, 0.15) is 19.0 Å². The lowest BCUT2D eigenvalue weighted by atomic mass is 9.96. The third-order valence-corrected chi connectivity index (χ3v) is 6.60. The van der Waals surface area contributed by atoms with Crippen LogP contribution in [0, 0.1) is 15.4 Å². The molecule has 3 rings (SSSR count). The predicted octanol–water partition coefficient (Wildman–Crippen LogP) is 4.65. The summed E-state index contributed by atoms with van der Waals surface area (Å²) in [5.74, 6) is 1.42. The van der Waals surface area contributed by atoms with Gasteiger partial charge in [-0.2, -0.15) is 0 Å². The van der Waals surface area contributed by atoms with Crippen molar-refractivity contribution in [2.45, 2.75) is 57.3 Å². The van der Waals surface area contributed by atoms with Crippen LogP contribution in [0.25, 0.3) is 0 Å². The van der Waals surface area contributed by atoms with Crippen molar-refractivity contribution in [1.82, 2.24) is 5.32 Å². The fourth-order valence-corrected chi connectivity index (χ4v) is 5.04. The number of nitrogens with one attached hydrogen (secondary N) is 1. The largest absolute Gasteiger partial charge is 0.443 e. The van der Waals surface area contributed by atoms with Crippen molar-refractivity contribution < 1.29 is 19.0 Å². The fraction of sp³-hybridized carbons (Fsp3) is 0.650. The summed E-state index contributed by atoms with van der Waals surface area (Å²) in [6, 6.07) is 8.28. The molecule has 1 aromatic rings. The van der Waals surface area contributed by atoms with E-state index < -0.39 is 0 Å². The molecule has 5 atom stereocenters. The first-order chi connectivity index (χ1) is 12.6. The first-order valence-electron chi connectivity index (χ1n) is 9.44. The minimum Gasteiger partial charge on any atom is -0.443 e. The highest BCUT2D eigenvalue weighted by atomic mass is 127. The van der Waals surface area contributed by atoms with Gasteiger partial charge in [0.15, 0.2) is 0 Å². The van der Waals surface area contributed by atoms with Crippen LogP contribution in [0.5, 0.6) is 0 Å². The molecular formula is C20H28INO4. The quantitative estimate of drug-likeness (QED) is 0.442. The summed E-state index contributed by atoms with van der Waals surface area (Å²) in [7, 11) is 1.59. The number of hydrogen-bond donors (Lipinski definition) is 1. The summed E-state index contributed by atoms with van der Waals surface area (Å²) in [6.45, 7) is 2.16. The Morgan fingerprint density at radius 1 is 1.31 bits per heavy atom. The Kier molecular flexibility index (Phi) is 7.17. The van der Waals surface area contributed by atoms with Crippen LogP contribution < -0.4 is 5.32 Å². The summed E-state index contributed by atoms with van der Waals surface area (Å²) in [5.41, 5.74) is 1.02. The highest BCUT2D eigenvalue weighted by molar-refractivity contribution is 14.1. The maximum atomic E-state index is 12.5. The molecule has 0 aromatic heterocycles. The zero-order valence-electron chi connectivity index (χ0n) is 15.4. The van der Waals surface area contributed by atoms with Crippen LogP contribution in [-0.2, 0) is 14.2 Å². The molecule has 2 aliphatic rings. The van der Waals surface area contributed by atoms with E-state index in [1.54, 1.807) is 7.11 Å². The minimum absolute atomic E-state index is 0.156. The lowest BCUT2D eigenvalue weighted by Crippen LogP contribution is -2.41. The van der Waals surface area contributed by atoms with Gasteiger partial charge in [0, 0.05) is 16.7 Å². The minimum atomic E-state index is -0.361. The van der Waals surface area contributed by atoms with E-state index in [4.69, 9.17) is 14.2 Å². The van der Waals surface area contributed by atoms with Crippen LogP contribution >= 0.6 is 22.6 Å². The van der Waals surface area contributed by atoms with E-state index in [1.165, 1.54) is 19.3 Å². The van der Waals surface area contributed by atoms with E-state index in [2.05, 4.69) is 27.9 Å². The van der Waals surface area contributed by atoms with Gasteiger partial charge < -0.3 is 19.5 Å². The molecule has 2 fully saturated rings. The lowest BCUT2D eigenvalue weighted by molar-refractivity contribution is -0.117. The van der Waals surface area contributed by atoms with E-state index in [-0.39, 0.29) is 31.1 Å². The molecule has 144 valence electrons. The van der Waals surface area contributed by atoms with Gasteiger partial charge in [0.05, 0.1) is 0 Å². The predicted molar refractivity (Wildman–Crippen MR) is 108 cm³/mol. The number of ether oxygens (including phenoxy) is 3. The average molecular weight is 473 g/mol. The molecule has 2 saturated carbocycles. The molecule has 0 spiro atoms. The highest BCUT2D eigenvalue weighted by Crippen LogP contribution is 2.44. The summed E-state index contributed by atoms with van der Waals surface area (Å²) in [4.78, 5) is 12.5. The van der Waals surface area contributed by atoms with Crippen molar-refractivity contribution in [3.8, 4) is 0 Å². The summed E-state index contributed by atoms with van der Waals surface area (Å²) in [6.07, 6.45) is 4.53. The Balaban J connectivity index is 1.65. The van der Waals surface area contributed by atoms with Crippen LogP contribution in [0.15, 0.2) is 24.3 Å². The first-order valence-corrected chi connectivity index (χ1v) is 10.5. The number of hydrogen-bond acceptors (Lipinski definition) is 4. The number of carbonyl (C=O) groups is 1. The van der Waals surface area contributed by atoms with Crippen molar-refractivity contribution >= 4 is 28.7 Å². The van der Waals surface area contributed by atoms with E-state index >= 15 is 0 Å². The summed E-state index contributed by atoms with van der Waals surface area (Å²) >= 11 is 2.29. The number of rotatable bonds is 8. The molecule has 0 saturated heterocycles. The van der Waals surface area contributed by atoms with Gasteiger partial charge in [-0.05, 0) is 71.7 Å². The molecule has 0 radical (unpaired) electrons. The molecule has 26 heavy (non-hydrogen) atoms. The van der Waals surface area contributed by atoms with Crippen LogP contribution in [-0.4, -0.2) is 32.1 Å². The third-order valence-electron chi connectivity index (χ3n) is 5.62. The molecule has 2 bridgehead atoms. The first kappa shape index (κ1) is 19.9. The second kappa shape index (κ2) is 9.37. The Morgan fingerprint density at radius 3 is 2.73 bits per heavy atom. The molecule has 0 heterocycles. The molecule has 5 nitrogen and oxygen atoms in total. The summed E-state index contributed by atoms with van der Waals surface area (Å²) < 4.78 is 17.9. The SMILES string of the molecule is CC[C@H](OC(=O)NC1CC2CCC1C2)[C@@H](OCOC)c1ccccc1I. The number of benzene rings is 1. The fourth-order valence-electron chi connectivity index (χ4n) is 4.35. The Hall–Kier alpha value is -0.860. The molecule has 1 amide bonds. The number of amides is 1. The zero-order valence-corrected chi connectivity index (χ0v) is 17.6. The maximum absolute atomic E-state index is 12.5. The van der Waals surface area contributed by atoms with Gasteiger partial charge in [-0.25, -0.2) is 4.79 Å². The van der Waals surface area contributed by atoms with Crippen LogP contribution in [0.4, 0.5) is 4.79 Å². The molecule has 3 unspecified atom stereocenters. The topological polar surface area (TPSA) is 56.8 Å². The number of halogens is 1. The van der Waals surface area contributed by atoms with Crippen LogP contribution in [0.3, 0.4) is 0 Å². The lowest BCUT2D eigenvalue weighted by Gasteiger charge is -2.29. The average Bonchev–Trinajstić information content (AvgIpc) is 3.25. The van der Waals surface area contributed by atoms with Gasteiger partial charge in [-0.15, -0.1) is 0 Å².